The van der Waals surface area contributed by atoms with Crippen molar-refractivity contribution in [3.8, 4) is 11.5 Å². The second kappa shape index (κ2) is 5.30. The van der Waals surface area contributed by atoms with Crippen molar-refractivity contribution >= 4 is 21.7 Å². The fourth-order valence-electron chi connectivity index (χ4n) is 1.64. The zero-order valence-electron chi connectivity index (χ0n) is 10.2. The van der Waals surface area contributed by atoms with E-state index in [4.69, 9.17) is 15.2 Å². The molecule has 18 heavy (non-hydrogen) atoms. The molecule has 5 nitrogen and oxygen atoms in total. The molecule has 0 aliphatic rings. The minimum atomic E-state index is 0.546. The number of benzene rings is 1. The number of halogens is 1. The summed E-state index contributed by atoms with van der Waals surface area (Å²) in [4.78, 5) is 0. The largest absolute Gasteiger partial charge is 0.497 e. The zero-order chi connectivity index (χ0) is 13.1. The van der Waals surface area contributed by atoms with Gasteiger partial charge in [0.2, 0.25) is 0 Å². The van der Waals surface area contributed by atoms with Gasteiger partial charge in [-0.15, -0.1) is 0 Å². The first-order chi connectivity index (χ1) is 8.65. The molecule has 6 heteroatoms. The van der Waals surface area contributed by atoms with E-state index in [1.54, 1.807) is 25.1 Å². The number of nitrogens with two attached hydrogens (primary N) is 1. The number of rotatable bonds is 4. The highest BCUT2D eigenvalue weighted by atomic mass is 79.9. The zero-order valence-corrected chi connectivity index (χ0v) is 11.8. The van der Waals surface area contributed by atoms with Gasteiger partial charge in [-0.2, -0.15) is 5.10 Å². The van der Waals surface area contributed by atoms with Crippen LogP contribution < -0.4 is 15.2 Å². The van der Waals surface area contributed by atoms with Crippen LogP contribution in [0.4, 0.5) is 5.82 Å². The van der Waals surface area contributed by atoms with Gasteiger partial charge >= 0.3 is 0 Å². The lowest BCUT2D eigenvalue weighted by Crippen LogP contribution is -2.07. The summed E-state index contributed by atoms with van der Waals surface area (Å²) in [5.74, 6) is 2.10. The van der Waals surface area contributed by atoms with Gasteiger partial charge in [0.15, 0.2) is 0 Å². The molecule has 2 aromatic rings. The van der Waals surface area contributed by atoms with Crippen molar-refractivity contribution in [3.63, 3.8) is 0 Å². The van der Waals surface area contributed by atoms with Crippen molar-refractivity contribution in [1.29, 1.82) is 0 Å². The Morgan fingerprint density at radius 1 is 1.33 bits per heavy atom. The lowest BCUT2D eigenvalue weighted by molar-refractivity contribution is 0.389. The molecule has 2 N–H and O–H groups in total. The first-order valence-corrected chi connectivity index (χ1v) is 6.12. The number of nitrogens with zero attached hydrogens (tertiary/aromatic N) is 2. The van der Waals surface area contributed by atoms with Crippen LogP contribution in [0.25, 0.3) is 0 Å². The monoisotopic (exact) mass is 311 g/mol. The summed E-state index contributed by atoms with van der Waals surface area (Å²) in [5.41, 5.74) is 6.87. The molecule has 0 saturated heterocycles. The summed E-state index contributed by atoms with van der Waals surface area (Å²) in [6, 6.07) is 5.66. The Morgan fingerprint density at radius 2 is 2.11 bits per heavy atom. The third kappa shape index (κ3) is 2.43. The fourth-order valence-corrected chi connectivity index (χ4v) is 1.94. The Morgan fingerprint density at radius 3 is 2.67 bits per heavy atom. The van der Waals surface area contributed by atoms with Gasteiger partial charge in [-0.1, -0.05) is 0 Å². The molecule has 0 bridgehead atoms. The summed E-state index contributed by atoms with van der Waals surface area (Å²) < 4.78 is 13.0. The normalized spacial score (nSPS) is 10.4. The van der Waals surface area contributed by atoms with E-state index in [2.05, 4.69) is 21.0 Å². The van der Waals surface area contributed by atoms with Crippen LogP contribution in [0.2, 0.25) is 0 Å². The van der Waals surface area contributed by atoms with E-state index in [9.17, 15) is 0 Å². The first kappa shape index (κ1) is 12.8. The highest BCUT2D eigenvalue weighted by molar-refractivity contribution is 9.10. The fraction of sp³-hybridized carbons (Fsp3) is 0.250. The van der Waals surface area contributed by atoms with Crippen molar-refractivity contribution in [2.24, 2.45) is 0 Å². The van der Waals surface area contributed by atoms with E-state index in [0.29, 0.717) is 12.4 Å². The number of hydrogen-bond acceptors (Lipinski definition) is 4. The van der Waals surface area contributed by atoms with Gasteiger partial charge in [-0.25, -0.2) is 4.68 Å². The van der Waals surface area contributed by atoms with Crippen LogP contribution in [0.5, 0.6) is 11.5 Å². The molecule has 0 unspecified atom stereocenters. The lowest BCUT2D eigenvalue weighted by atomic mass is 10.2. The molecule has 1 aromatic carbocycles. The smallest absolute Gasteiger partial charge is 0.136 e. The third-order valence-electron chi connectivity index (χ3n) is 2.65. The second-order valence-corrected chi connectivity index (χ2v) is 4.57. The highest BCUT2D eigenvalue weighted by Crippen LogP contribution is 2.27. The Balaban J connectivity index is 2.31. The van der Waals surface area contributed by atoms with Crippen LogP contribution in [-0.4, -0.2) is 24.0 Å². The first-order valence-electron chi connectivity index (χ1n) is 5.33. The summed E-state index contributed by atoms with van der Waals surface area (Å²) >= 11 is 3.33. The molecule has 1 aromatic heterocycles. The Labute approximate surface area is 114 Å². The topological polar surface area (TPSA) is 62.3 Å². The average molecular weight is 312 g/mol. The van der Waals surface area contributed by atoms with Crippen molar-refractivity contribution in [2.45, 2.75) is 6.54 Å². The van der Waals surface area contributed by atoms with E-state index >= 15 is 0 Å². The average Bonchev–Trinajstić information content (AvgIpc) is 2.71. The predicted octanol–water partition coefficient (Wildman–Crippen LogP) is 2.29. The number of methoxy groups -OCH3 is 2. The van der Waals surface area contributed by atoms with Gasteiger partial charge < -0.3 is 15.2 Å². The van der Waals surface area contributed by atoms with Crippen molar-refractivity contribution in [3.05, 3.63) is 34.4 Å². The van der Waals surface area contributed by atoms with Crippen LogP contribution >= 0.6 is 15.9 Å². The third-order valence-corrected chi connectivity index (χ3v) is 3.26. The van der Waals surface area contributed by atoms with E-state index in [0.717, 1.165) is 21.5 Å². The van der Waals surface area contributed by atoms with E-state index in [1.807, 2.05) is 18.2 Å². The van der Waals surface area contributed by atoms with Gasteiger partial charge in [0, 0.05) is 11.6 Å². The van der Waals surface area contributed by atoms with Crippen molar-refractivity contribution < 1.29 is 9.47 Å². The molecule has 0 spiro atoms. The Hall–Kier alpha value is -1.69. The summed E-state index contributed by atoms with van der Waals surface area (Å²) in [6.45, 7) is 0.546. The predicted molar refractivity (Wildman–Crippen MR) is 73.0 cm³/mol. The van der Waals surface area contributed by atoms with Crippen LogP contribution in [0.3, 0.4) is 0 Å². The standard InChI is InChI=1S/C12H14BrN3O2/c1-17-9-4-3-8(11(5-9)18-2)7-16-12(14)10(13)6-15-16/h3-6H,7,14H2,1-2H3. The van der Waals surface area contributed by atoms with Gasteiger partial charge in [-0.05, 0) is 28.1 Å². The molecule has 0 amide bonds. The SMILES string of the molecule is COc1ccc(Cn2ncc(Br)c2N)c(OC)c1. The quantitative estimate of drug-likeness (QED) is 0.941. The van der Waals surface area contributed by atoms with Gasteiger partial charge in [0.05, 0.1) is 31.4 Å². The lowest BCUT2D eigenvalue weighted by Gasteiger charge is -2.11. The minimum absolute atomic E-state index is 0.546. The molecule has 1 heterocycles. The number of anilines is 1. The molecule has 2 rings (SSSR count). The summed E-state index contributed by atoms with van der Waals surface area (Å²) in [6.07, 6.45) is 1.67. The molecule has 0 radical (unpaired) electrons. The molecule has 96 valence electrons. The maximum Gasteiger partial charge on any atom is 0.136 e. The number of ether oxygens (including phenoxy) is 2. The van der Waals surface area contributed by atoms with Crippen molar-refractivity contribution in [1.82, 2.24) is 9.78 Å². The number of nitrogen functional groups attached to an aromatic ring is 1. The molecule has 0 fully saturated rings. The second-order valence-electron chi connectivity index (χ2n) is 3.71. The molecular formula is C12H14BrN3O2. The summed E-state index contributed by atoms with van der Waals surface area (Å²) in [5, 5.41) is 4.19. The van der Waals surface area contributed by atoms with Gasteiger partial charge in [0.1, 0.15) is 17.3 Å². The van der Waals surface area contributed by atoms with Crippen LogP contribution in [0.15, 0.2) is 28.9 Å². The Kier molecular flexibility index (Phi) is 3.76. The summed E-state index contributed by atoms with van der Waals surface area (Å²) in [7, 11) is 3.25. The van der Waals surface area contributed by atoms with E-state index in [1.165, 1.54) is 0 Å². The Bertz CT molecular complexity index is 554. The van der Waals surface area contributed by atoms with Gasteiger partial charge in [-0.3, -0.25) is 0 Å². The number of hydrogen-bond donors (Lipinski definition) is 1. The minimum Gasteiger partial charge on any atom is -0.497 e. The van der Waals surface area contributed by atoms with Crippen molar-refractivity contribution in [2.75, 3.05) is 20.0 Å². The van der Waals surface area contributed by atoms with Gasteiger partial charge in [0.25, 0.3) is 0 Å². The van der Waals surface area contributed by atoms with Crippen LogP contribution in [0, 0.1) is 0 Å². The molecule has 0 saturated carbocycles. The molecule has 0 atom stereocenters. The highest BCUT2D eigenvalue weighted by Gasteiger charge is 2.09. The number of aromatic nitrogens is 2. The molecule has 0 aliphatic heterocycles. The molecular weight excluding hydrogens is 298 g/mol. The molecule has 0 aliphatic carbocycles. The van der Waals surface area contributed by atoms with Crippen LogP contribution in [0.1, 0.15) is 5.56 Å². The van der Waals surface area contributed by atoms with E-state index in [-0.39, 0.29) is 0 Å². The maximum atomic E-state index is 5.89. The van der Waals surface area contributed by atoms with Crippen LogP contribution in [-0.2, 0) is 6.54 Å². The maximum absolute atomic E-state index is 5.89. The van der Waals surface area contributed by atoms with E-state index < -0.39 is 0 Å².